The molecule has 0 N–H and O–H groups in total. The summed E-state index contributed by atoms with van der Waals surface area (Å²) < 4.78 is 5.35. The van der Waals surface area contributed by atoms with Crippen molar-refractivity contribution in [3.8, 4) is 28.1 Å². The fourth-order valence-electron chi connectivity index (χ4n) is 2.31. The second kappa shape index (κ2) is 7.26. The summed E-state index contributed by atoms with van der Waals surface area (Å²) in [5.74, 6) is 0.715. The van der Waals surface area contributed by atoms with Crippen molar-refractivity contribution >= 4 is 45.9 Å². The van der Waals surface area contributed by atoms with Gasteiger partial charge >= 0.3 is 0 Å². The number of rotatable bonds is 4. The summed E-state index contributed by atoms with van der Waals surface area (Å²) in [7, 11) is 0. The average Bonchev–Trinajstić information content (AvgIpc) is 3.40. The SMILES string of the molecule is N#CC(=Cc1csc(-c2ccco2)n1)c1nc(-c2ccc(Cl)cc2)cs1. The molecule has 0 saturated heterocycles. The summed E-state index contributed by atoms with van der Waals surface area (Å²) in [6, 6.07) is 13.4. The van der Waals surface area contributed by atoms with E-state index in [0.29, 0.717) is 27.1 Å². The maximum Gasteiger partial charge on any atom is 0.162 e. The Bertz CT molecular complexity index is 1100. The summed E-state index contributed by atoms with van der Waals surface area (Å²) in [4.78, 5) is 9.08. The fourth-order valence-corrected chi connectivity index (χ4v) is 3.97. The van der Waals surface area contributed by atoms with E-state index >= 15 is 0 Å². The third kappa shape index (κ3) is 3.46. The molecule has 7 heteroatoms. The summed E-state index contributed by atoms with van der Waals surface area (Å²) in [5.41, 5.74) is 2.97. The van der Waals surface area contributed by atoms with Gasteiger partial charge in [0.15, 0.2) is 10.8 Å². The van der Waals surface area contributed by atoms with Crippen LogP contribution in [0.3, 0.4) is 0 Å². The molecule has 0 bridgehead atoms. The van der Waals surface area contributed by atoms with E-state index in [0.717, 1.165) is 16.3 Å². The molecule has 3 aromatic heterocycles. The molecule has 0 aliphatic rings. The standard InChI is InChI=1S/C19H10ClN3OS2/c20-14-5-3-12(4-6-14)16-11-26-18(23-16)13(9-21)8-15-10-25-19(22-15)17-2-1-7-24-17/h1-8,10-11H. The van der Waals surface area contributed by atoms with Gasteiger partial charge in [-0.25, -0.2) is 9.97 Å². The molecule has 0 amide bonds. The van der Waals surface area contributed by atoms with E-state index in [2.05, 4.69) is 16.0 Å². The van der Waals surface area contributed by atoms with Crippen LogP contribution in [0.5, 0.6) is 0 Å². The van der Waals surface area contributed by atoms with Crippen LogP contribution in [-0.4, -0.2) is 9.97 Å². The first-order valence-electron chi connectivity index (χ1n) is 7.56. The van der Waals surface area contributed by atoms with Crippen LogP contribution < -0.4 is 0 Å². The zero-order chi connectivity index (χ0) is 17.9. The number of nitrogens with zero attached hydrogens (tertiary/aromatic N) is 3. The smallest absolute Gasteiger partial charge is 0.162 e. The second-order valence-corrected chi connectivity index (χ2v) is 7.42. The first kappa shape index (κ1) is 16.7. The number of hydrogen-bond acceptors (Lipinski definition) is 6. The molecule has 0 saturated carbocycles. The number of thiazole rings is 2. The monoisotopic (exact) mass is 395 g/mol. The van der Waals surface area contributed by atoms with Crippen molar-refractivity contribution < 1.29 is 4.42 Å². The van der Waals surface area contributed by atoms with Crippen LogP contribution in [0, 0.1) is 11.3 Å². The Morgan fingerprint density at radius 2 is 1.96 bits per heavy atom. The van der Waals surface area contributed by atoms with Gasteiger partial charge < -0.3 is 4.42 Å². The minimum absolute atomic E-state index is 0.478. The van der Waals surface area contributed by atoms with Crippen LogP contribution in [0.2, 0.25) is 5.02 Å². The van der Waals surface area contributed by atoms with Gasteiger partial charge in [-0.15, -0.1) is 22.7 Å². The Labute approximate surface area is 162 Å². The lowest BCUT2D eigenvalue weighted by atomic mass is 10.2. The molecule has 126 valence electrons. The van der Waals surface area contributed by atoms with Gasteiger partial charge in [-0.2, -0.15) is 5.26 Å². The predicted octanol–water partition coefficient (Wildman–Crippen LogP) is 6.24. The highest BCUT2D eigenvalue weighted by molar-refractivity contribution is 7.13. The largest absolute Gasteiger partial charge is 0.462 e. The van der Waals surface area contributed by atoms with Crippen molar-refractivity contribution in [1.82, 2.24) is 9.97 Å². The zero-order valence-electron chi connectivity index (χ0n) is 13.2. The summed E-state index contributed by atoms with van der Waals surface area (Å²) in [6.45, 7) is 0. The predicted molar refractivity (Wildman–Crippen MR) is 106 cm³/mol. The summed E-state index contributed by atoms with van der Waals surface area (Å²) >= 11 is 8.82. The molecule has 4 rings (SSSR count). The van der Waals surface area contributed by atoms with Crippen molar-refractivity contribution in [1.29, 1.82) is 5.26 Å². The van der Waals surface area contributed by atoms with Gasteiger partial charge in [0, 0.05) is 21.3 Å². The van der Waals surface area contributed by atoms with E-state index in [4.69, 9.17) is 16.0 Å². The molecule has 3 heterocycles. The highest BCUT2D eigenvalue weighted by Crippen LogP contribution is 2.29. The van der Waals surface area contributed by atoms with Gasteiger partial charge in [0.1, 0.15) is 11.1 Å². The number of nitriles is 1. The lowest BCUT2D eigenvalue weighted by Crippen LogP contribution is -1.83. The van der Waals surface area contributed by atoms with Gasteiger partial charge in [-0.1, -0.05) is 23.7 Å². The Hall–Kier alpha value is -2.72. The van der Waals surface area contributed by atoms with Crippen LogP contribution in [0.15, 0.2) is 57.8 Å². The molecule has 0 radical (unpaired) electrons. The lowest BCUT2D eigenvalue weighted by Gasteiger charge is -1.96. The van der Waals surface area contributed by atoms with Gasteiger partial charge in [0.05, 0.1) is 23.2 Å². The van der Waals surface area contributed by atoms with Gasteiger partial charge in [0.25, 0.3) is 0 Å². The summed E-state index contributed by atoms with van der Waals surface area (Å²) in [5, 5.41) is 15.5. The zero-order valence-corrected chi connectivity index (χ0v) is 15.6. The number of allylic oxidation sites excluding steroid dienone is 1. The van der Waals surface area contributed by atoms with Crippen molar-refractivity contribution in [2.75, 3.05) is 0 Å². The van der Waals surface area contributed by atoms with Gasteiger partial charge in [0.2, 0.25) is 0 Å². The normalized spacial score (nSPS) is 11.5. The number of furan rings is 1. The minimum atomic E-state index is 0.478. The molecule has 4 nitrogen and oxygen atoms in total. The molecular weight excluding hydrogens is 386 g/mol. The Morgan fingerprint density at radius 3 is 2.69 bits per heavy atom. The van der Waals surface area contributed by atoms with E-state index in [9.17, 15) is 5.26 Å². The Morgan fingerprint density at radius 1 is 1.12 bits per heavy atom. The van der Waals surface area contributed by atoms with Crippen molar-refractivity contribution in [3.63, 3.8) is 0 Å². The molecule has 1 aromatic carbocycles. The lowest BCUT2D eigenvalue weighted by molar-refractivity contribution is 0.582. The number of benzene rings is 1. The second-order valence-electron chi connectivity index (χ2n) is 5.27. The van der Waals surface area contributed by atoms with Crippen LogP contribution in [-0.2, 0) is 0 Å². The van der Waals surface area contributed by atoms with E-state index < -0.39 is 0 Å². The van der Waals surface area contributed by atoms with E-state index in [-0.39, 0.29) is 0 Å². The molecule has 4 aromatic rings. The quantitative estimate of drug-likeness (QED) is 0.383. The van der Waals surface area contributed by atoms with Crippen LogP contribution in [0.25, 0.3) is 33.7 Å². The number of hydrogen-bond donors (Lipinski definition) is 0. The highest BCUT2D eigenvalue weighted by atomic mass is 35.5. The highest BCUT2D eigenvalue weighted by Gasteiger charge is 2.11. The summed E-state index contributed by atoms with van der Waals surface area (Å²) in [6.07, 6.45) is 3.36. The molecule has 26 heavy (non-hydrogen) atoms. The van der Waals surface area contributed by atoms with Crippen LogP contribution in [0.1, 0.15) is 10.7 Å². The Kier molecular flexibility index (Phi) is 4.67. The minimum Gasteiger partial charge on any atom is -0.462 e. The first-order valence-corrected chi connectivity index (χ1v) is 9.70. The molecule has 0 aliphatic heterocycles. The Balaban J connectivity index is 1.63. The number of halogens is 1. The average molecular weight is 396 g/mol. The molecule has 0 atom stereocenters. The van der Waals surface area contributed by atoms with Crippen molar-refractivity contribution in [3.05, 3.63) is 69.1 Å². The maximum atomic E-state index is 9.54. The van der Waals surface area contributed by atoms with E-state index in [1.54, 1.807) is 12.3 Å². The van der Waals surface area contributed by atoms with Crippen molar-refractivity contribution in [2.24, 2.45) is 0 Å². The topological polar surface area (TPSA) is 62.7 Å². The molecule has 0 spiro atoms. The first-order chi connectivity index (χ1) is 12.7. The number of aromatic nitrogens is 2. The fraction of sp³-hybridized carbons (Fsp3) is 0. The molecular formula is C19H10ClN3OS2. The van der Waals surface area contributed by atoms with E-state index in [1.807, 2.05) is 47.2 Å². The molecule has 0 fully saturated rings. The van der Waals surface area contributed by atoms with Gasteiger partial charge in [-0.3, -0.25) is 0 Å². The van der Waals surface area contributed by atoms with Crippen LogP contribution >= 0.6 is 34.3 Å². The molecule has 0 aliphatic carbocycles. The third-order valence-electron chi connectivity index (χ3n) is 3.54. The molecule has 0 unspecified atom stereocenters. The third-order valence-corrected chi connectivity index (χ3v) is 5.54. The van der Waals surface area contributed by atoms with Crippen LogP contribution in [0.4, 0.5) is 0 Å². The van der Waals surface area contributed by atoms with E-state index in [1.165, 1.54) is 22.7 Å². The van der Waals surface area contributed by atoms with Crippen molar-refractivity contribution in [2.45, 2.75) is 0 Å². The maximum absolute atomic E-state index is 9.54. The van der Waals surface area contributed by atoms with Gasteiger partial charge in [-0.05, 0) is 30.3 Å².